The summed E-state index contributed by atoms with van der Waals surface area (Å²) in [7, 11) is -6.82. The second-order valence-electron chi connectivity index (χ2n) is 6.10. The van der Waals surface area contributed by atoms with Gasteiger partial charge < -0.3 is 4.74 Å². The maximum absolute atomic E-state index is 14.1. The number of sulfonamides is 1. The monoisotopic (exact) mass is 627 g/mol. The Morgan fingerprint density at radius 3 is 1.97 bits per heavy atom. The summed E-state index contributed by atoms with van der Waals surface area (Å²) in [6, 6.07) is 4.23. The van der Waals surface area contributed by atoms with Gasteiger partial charge in [-0.05, 0) is 18.9 Å². The number of esters is 1. The van der Waals surface area contributed by atoms with E-state index in [-0.39, 0.29) is 28.2 Å². The predicted molar refractivity (Wildman–Crippen MR) is 103 cm³/mol. The Labute approximate surface area is 195 Å². The van der Waals surface area contributed by atoms with Crippen LogP contribution >= 0.6 is 22.6 Å². The van der Waals surface area contributed by atoms with Crippen LogP contribution in [0.15, 0.2) is 30.3 Å². The molecule has 1 atom stereocenters. The number of nitrogens with one attached hydrogen (secondary N) is 1. The third-order valence-corrected chi connectivity index (χ3v) is 5.77. The Morgan fingerprint density at radius 1 is 1.00 bits per heavy atom. The first kappa shape index (κ1) is 29.4. The molecule has 0 aromatic heterocycles. The van der Waals surface area contributed by atoms with Crippen LogP contribution in [0.3, 0.4) is 0 Å². The molecule has 0 radical (unpaired) electrons. The predicted octanol–water partition coefficient (Wildman–Crippen LogP) is 3.47. The van der Waals surface area contributed by atoms with Crippen LogP contribution in [0.25, 0.3) is 0 Å². The number of ether oxygens (including phenoxy) is 2. The number of ketones is 1. The smallest absolute Gasteiger partial charge is 0.448 e. The summed E-state index contributed by atoms with van der Waals surface area (Å²) in [5.41, 5.74) is 0.0604. The minimum atomic E-state index is -6.82. The van der Waals surface area contributed by atoms with Gasteiger partial charge in [0.2, 0.25) is 0 Å². The first-order valence-corrected chi connectivity index (χ1v) is 11.0. The molecule has 33 heavy (non-hydrogen) atoms. The number of hydrogen-bond donors (Lipinski definition) is 1. The fraction of sp³-hybridized carbons (Fsp3) is 0.500. The quantitative estimate of drug-likeness (QED) is 0.125. The lowest BCUT2D eigenvalue weighted by Crippen LogP contribution is -2.60. The average molecular weight is 627 g/mol. The van der Waals surface area contributed by atoms with Gasteiger partial charge in [0.25, 0.3) is 15.8 Å². The summed E-state index contributed by atoms with van der Waals surface area (Å²) in [5, 5.41) is -6.60. The lowest BCUT2D eigenvalue weighted by molar-refractivity contribution is -0.438. The topological polar surface area (TPSA) is 98.8 Å². The van der Waals surface area contributed by atoms with Gasteiger partial charge in [0, 0.05) is 22.6 Å². The molecular formula is C16H14F8INO6S. The normalized spacial score (nSPS) is 14.6. The largest absolute Gasteiger partial charge is 0.460 e. The van der Waals surface area contributed by atoms with E-state index in [0.717, 1.165) is 4.72 Å². The van der Waals surface area contributed by atoms with Crippen molar-refractivity contribution in [2.45, 2.75) is 40.8 Å². The minimum absolute atomic E-state index is 0.0604. The van der Waals surface area contributed by atoms with E-state index >= 15 is 0 Å². The number of Topliss-reactive ketones (excluding diaryl/α,β-unsaturated/α-hetero) is 1. The molecule has 17 heteroatoms. The molecule has 0 bridgehead atoms. The van der Waals surface area contributed by atoms with E-state index < -0.39 is 62.2 Å². The van der Waals surface area contributed by atoms with Gasteiger partial charge in [-0.1, -0.05) is 30.3 Å². The van der Waals surface area contributed by atoms with Crippen molar-refractivity contribution in [2.75, 3.05) is 6.61 Å². The van der Waals surface area contributed by atoms with E-state index in [9.17, 15) is 53.1 Å². The summed E-state index contributed by atoms with van der Waals surface area (Å²) in [6.07, 6.45) is -13.8. The van der Waals surface area contributed by atoms with E-state index in [2.05, 4.69) is 9.47 Å². The van der Waals surface area contributed by atoms with Gasteiger partial charge >= 0.3 is 27.4 Å². The van der Waals surface area contributed by atoms with Crippen molar-refractivity contribution in [1.82, 2.24) is 4.72 Å². The SMILES string of the molecule is CCOC(=O)C(=O)C(Cc1ccccc1)NS(=O)(=O)C(F)(F)C(F)(F)OC(F)(F)C(F)(F)I. The van der Waals surface area contributed by atoms with Crippen molar-refractivity contribution in [3.05, 3.63) is 35.9 Å². The molecule has 0 saturated carbocycles. The Kier molecular flexibility index (Phi) is 9.23. The fourth-order valence-electron chi connectivity index (χ4n) is 2.08. The lowest BCUT2D eigenvalue weighted by atomic mass is 10.0. The third-order valence-electron chi connectivity index (χ3n) is 3.64. The van der Waals surface area contributed by atoms with E-state index in [1.54, 1.807) is 0 Å². The van der Waals surface area contributed by atoms with Crippen LogP contribution in [0.5, 0.6) is 0 Å². The molecule has 0 fully saturated rings. The number of hydrogen-bond acceptors (Lipinski definition) is 6. The van der Waals surface area contributed by atoms with Crippen LogP contribution in [0.2, 0.25) is 0 Å². The van der Waals surface area contributed by atoms with Gasteiger partial charge in [-0.2, -0.15) is 39.8 Å². The molecule has 1 unspecified atom stereocenters. The zero-order chi connectivity index (χ0) is 25.9. The van der Waals surface area contributed by atoms with Gasteiger partial charge in [0.15, 0.2) is 0 Å². The highest BCUT2D eigenvalue weighted by atomic mass is 127. The zero-order valence-corrected chi connectivity index (χ0v) is 19.1. The molecule has 0 aliphatic rings. The molecule has 0 amide bonds. The van der Waals surface area contributed by atoms with Crippen LogP contribution in [0, 0.1) is 0 Å². The highest BCUT2D eigenvalue weighted by Gasteiger charge is 2.73. The molecular weight excluding hydrogens is 613 g/mol. The van der Waals surface area contributed by atoms with Gasteiger partial charge in [0.1, 0.15) is 0 Å². The number of alkyl halides is 9. The molecule has 1 N–H and O–H groups in total. The number of halogens is 9. The fourth-order valence-corrected chi connectivity index (χ4v) is 3.26. The maximum Gasteiger partial charge on any atom is 0.448 e. The van der Waals surface area contributed by atoms with Gasteiger partial charge in [-0.25, -0.2) is 17.9 Å². The maximum atomic E-state index is 14.1. The second kappa shape index (κ2) is 10.3. The first-order chi connectivity index (χ1) is 14.8. The molecule has 1 aromatic rings. The van der Waals surface area contributed by atoms with Crippen molar-refractivity contribution in [3.8, 4) is 0 Å². The van der Waals surface area contributed by atoms with E-state index in [0.29, 0.717) is 0 Å². The Balaban J connectivity index is 3.33. The van der Waals surface area contributed by atoms with Crippen molar-refractivity contribution in [2.24, 2.45) is 0 Å². The Morgan fingerprint density at radius 2 is 1.52 bits per heavy atom. The number of rotatable bonds is 12. The van der Waals surface area contributed by atoms with Crippen LogP contribution in [-0.2, 0) is 35.5 Å². The molecule has 188 valence electrons. The number of carbonyl (C=O) groups is 2. The highest BCUT2D eigenvalue weighted by Crippen LogP contribution is 2.48. The Bertz CT molecular complexity index is 955. The van der Waals surface area contributed by atoms with Crippen molar-refractivity contribution >= 4 is 44.4 Å². The van der Waals surface area contributed by atoms with Crippen molar-refractivity contribution in [1.29, 1.82) is 0 Å². The summed E-state index contributed by atoms with van der Waals surface area (Å²) in [4.78, 5) is 23.8. The summed E-state index contributed by atoms with van der Waals surface area (Å²) < 4.78 is 133. The summed E-state index contributed by atoms with van der Waals surface area (Å²) in [5.74, 6) is -3.50. The summed E-state index contributed by atoms with van der Waals surface area (Å²) >= 11 is -0.383. The molecule has 0 aliphatic heterocycles. The van der Waals surface area contributed by atoms with E-state index in [1.807, 2.05) is 0 Å². The molecule has 0 spiro atoms. The lowest BCUT2D eigenvalue weighted by Gasteiger charge is -2.31. The van der Waals surface area contributed by atoms with Crippen molar-refractivity contribution < 1.29 is 62.6 Å². The van der Waals surface area contributed by atoms with Crippen LogP contribution in [0.4, 0.5) is 35.1 Å². The third kappa shape index (κ3) is 6.95. The molecule has 1 rings (SSSR count). The van der Waals surface area contributed by atoms with Crippen molar-refractivity contribution in [3.63, 3.8) is 0 Å². The first-order valence-electron chi connectivity index (χ1n) is 8.46. The zero-order valence-electron chi connectivity index (χ0n) is 16.1. The second-order valence-corrected chi connectivity index (χ2v) is 9.21. The molecule has 0 heterocycles. The van der Waals surface area contributed by atoms with E-state index in [4.69, 9.17) is 0 Å². The van der Waals surface area contributed by atoms with Crippen LogP contribution < -0.4 is 4.72 Å². The Hall–Kier alpha value is -1.60. The number of benzene rings is 1. The minimum Gasteiger partial charge on any atom is -0.460 e. The molecule has 0 saturated heterocycles. The molecule has 7 nitrogen and oxygen atoms in total. The standard InChI is InChI=1S/C16H14F8INO6S/c1-2-31-12(28)11(27)10(8-9-6-4-3-5-7-9)26-33(29,30)16(23,24)15(21,22)32-14(19,20)13(17,18)25/h3-7,10,26H,2,8H2,1H3. The van der Waals surface area contributed by atoms with Gasteiger partial charge in [0.05, 0.1) is 12.6 Å². The molecule has 0 aliphatic carbocycles. The van der Waals surface area contributed by atoms with E-state index in [1.165, 1.54) is 37.3 Å². The average Bonchev–Trinajstić information content (AvgIpc) is 2.65. The summed E-state index contributed by atoms with van der Waals surface area (Å²) in [6.45, 7) is 0.827. The van der Waals surface area contributed by atoms with Gasteiger partial charge in [-0.3, -0.25) is 4.79 Å². The molecule has 1 aromatic carbocycles. The highest BCUT2D eigenvalue weighted by molar-refractivity contribution is 14.1. The van der Waals surface area contributed by atoms with Crippen LogP contribution in [0.1, 0.15) is 12.5 Å². The van der Waals surface area contributed by atoms with Gasteiger partial charge in [-0.15, -0.1) is 0 Å². The van der Waals surface area contributed by atoms with Crippen LogP contribution in [-0.4, -0.2) is 54.2 Å². The number of carbonyl (C=O) groups excluding carboxylic acids is 2.